The van der Waals surface area contributed by atoms with E-state index in [9.17, 15) is 0 Å². The highest BCUT2D eigenvalue weighted by Crippen LogP contribution is 2.19. The molecule has 0 bridgehead atoms. The van der Waals surface area contributed by atoms with Crippen LogP contribution < -0.4 is 0 Å². The van der Waals surface area contributed by atoms with Crippen molar-refractivity contribution in [2.24, 2.45) is 0 Å². The summed E-state index contributed by atoms with van der Waals surface area (Å²) in [6, 6.07) is 4.37. The minimum Gasteiger partial charge on any atom is -0.402 e. The lowest BCUT2D eigenvalue weighted by molar-refractivity contribution is -0.107. The summed E-state index contributed by atoms with van der Waals surface area (Å²) in [6.45, 7) is 8.56. The monoisotopic (exact) mass is 348 g/mol. The second-order valence-corrected chi connectivity index (χ2v) is 7.39. The van der Waals surface area contributed by atoms with Gasteiger partial charge < -0.3 is 25.3 Å². The van der Waals surface area contributed by atoms with Crippen molar-refractivity contribution in [2.75, 3.05) is 0 Å². The van der Waals surface area contributed by atoms with E-state index in [0.717, 1.165) is 0 Å². The summed E-state index contributed by atoms with van der Waals surface area (Å²) in [4.78, 5) is 1.54. The Kier molecular flexibility index (Phi) is 13.9. The second kappa shape index (κ2) is 12.9. The SMILES string of the molecule is CC(C)(O)C(C)(C)O.CCCCCCc1cccs1.OB(O)O. The fourth-order valence-electron chi connectivity index (χ4n) is 1.18. The van der Waals surface area contributed by atoms with E-state index < -0.39 is 18.5 Å². The number of aryl methyl sites for hydroxylation is 1. The van der Waals surface area contributed by atoms with E-state index in [2.05, 4.69) is 24.4 Å². The Morgan fingerprint density at radius 2 is 1.43 bits per heavy atom. The van der Waals surface area contributed by atoms with Crippen molar-refractivity contribution in [1.82, 2.24) is 0 Å². The molecule has 0 saturated carbocycles. The summed E-state index contributed by atoms with van der Waals surface area (Å²) in [5, 5.41) is 41.9. The largest absolute Gasteiger partial charge is 0.631 e. The maximum absolute atomic E-state index is 9.10. The van der Waals surface area contributed by atoms with Crippen molar-refractivity contribution < 1.29 is 25.3 Å². The zero-order valence-corrected chi connectivity index (χ0v) is 15.8. The van der Waals surface area contributed by atoms with Gasteiger partial charge in [-0.25, -0.2) is 0 Å². The van der Waals surface area contributed by atoms with Crippen LogP contribution in [0.25, 0.3) is 0 Å². The quantitative estimate of drug-likeness (QED) is 0.401. The molecule has 0 aromatic carbocycles. The Labute approximate surface area is 144 Å². The van der Waals surface area contributed by atoms with E-state index in [0.29, 0.717) is 0 Å². The molecule has 0 amide bonds. The number of hydrogen-bond donors (Lipinski definition) is 5. The number of rotatable bonds is 6. The zero-order valence-electron chi connectivity index (χ0n) is 15.0. The summed E-state index contributed by atoms with van der Waals surface area (Å²) in [5.41, 5.74) is -2.01. The van der Waals surface area contributed by atoms with Gasteiger partial charge in [-0.15, -0.1) is 11.3 Å². The molecule has 1 aromatic heterocycles. The molecule has 7 heteroatoms. The Morgan fingerprint density at radius 1 is 0.957 bits per heavy atom. The molecule has 0 aliphatic heterocycles. The normalized spacial score (nSPS) is 11.0. The lowest BCUT2D eigenvalue weighted by atomic mass is 9.90. The minimum atomic E-state index is -2.17. The van der Waals surface area contributed by atoms with Gasteiger partial charge in [0.25, 0.3) is 0 Å². The Morgan fingerprint density at radius 3 is 1.74 bits per heavy atom. The summed E-state index contributed by atoms with van der Waals surface area (Å²) in [5.74, 6) is 0. The van der Waals surface area contributed by atoms with E-state index in [1.165, 1.54) is 32.1 Å². The number of thiophene rings is 1. The van der Waals surface area contributed by atoms with Crippen molar-refractivity contribution in [3.63, 3.8) is 0 Å². The highest BCUT2D eigenvalue weighted by molar-refractivity contribution is 7.09. The van der Waals surface area contributed by atoms with Gasteiger partial charge in [0, 0.05) is 4.88 Å². The fourth-order valence-corrected chi connectivity index (χ4v) is 1.93. The Balaban J connectivity index is 0. The molecule has 0 unspecified atom stereocenters. The van der Waals surface area contributed by atoms with Crippen LogP contribution in [0.2, 0.25) is 0 Å². The lowest BCUT2D eigenvalue weighted by Crippen LogP contribution is -2.44. The number of aliphatic hydroxyl groups is 2. The van der Waals surface area contributed by atoms with E-state index >= 15 is 0 Å². The van der Waals surface area contributed by atoms with E-state index in [1.807, 2.05) is 11.3 Å². The molecule has 5 N–H and O–H groups in total. The highest BCUT2D eigenvalue weighted by atomic mass is 32.1. The first-order valence-electron chi connectivity index (χ1n) is 7.93. The second-order valence-electron chi connectivity index (χ2n) is 6.35. The van der Waals surface area contributed by atoms with Gasteiger partial charge in [-0.3, -0.25) is 0 Å². The van der Waals surface area contributed by atoms with Gasteiger partial charge in [0.15, 0.2) is 0 Å². The Bertz CT molecular complexity index is 341. The Hall–Kier alpha value is -0.435. The van der Waals surface area contributed by atoms with Gasteiger partial charge in [0.2, 0.25) is 0 Å². The molecular formula is C16H33BO5S. The van der Waals surface area contributed by atoms with Crippen LogP contribution in [0, 0.1) is 0 Å². The van der Waals surface area contributed by atoms with Gasteiger partial charge in [-0.05, 0) is 52.0 Å². The third-order valence-electron chi connectivity index (χ3n) is 3.35. The van der Waals surface area contributed by atoms with Crippen molar-refractivity contribution in [3.8, 4) is 0 Å². The van der Waals surface area contributed by atoms with Crippen LogP contribution in [0.5, 0.6) is 0 Å². The number of unbranched alkanes of at least 4 members (excludes halogenated alkanes) is 3. The topological polar surface area (TPSA) is 101 Å². The first-order valence-corrected chi connectivity index (χ1v) is 8.81. The minimum absolute atomic E-state index is 1.01. The molecule has 1 heterocycles. The summed E-state index contributed by atoms with van der Waals surface area (Å²) >= 11 is 1.88. The third-order valence-corrected chi connectivity index (χ3v) is 4.29. The fraction of sp³-hybridized carbons (Fsp3) is 0.750. The average Bonchev–Trinajstić information content (AvgIpc) is 2.85. The van der Waals surface area contributed by atoms with Crippen LogP contribution in [0.15, 0.2) is 17.5 Å². The van der Waals surface area contributed by atoms with Gasteiger partial charge in [-0.1, -0.05) is 32.3 Å². The van der Waals surface area contributed by atoms with Crippen LogP contribution in [0.1, 0.15) is 65.2 Å². The zero-order chi connectivity index (χ0) is 18.5. The van der Waals surface area contributed by atoms with Gasteiger partial charge >= 0.3 is 7.32 Å². The molecule has 5 nitrogen and oxygen atoms in total. The summed E-state index contributed by atoms with van der Waals surface area (Å²) in [6.07, 6.45) is 6.79. The molecule has 0 aliphatic carbocycles. The molecule has 0 radical (unpaired) electrons. The standard InChI is InChI=1S/C10H16S.C6H14O2.BH3O3/c1-2-3-4-5-7-10-8-6-9-11-10;1-5(2,7)6(3,4)8;2-1(3)4/h6,8-9H,2-5,7H2,1H3;7-8H,1-4H3;2-4H. The first kappa shape index (κ1) is 24.8. The predicted molar refractivity (Wildman–Crippen MR) is 97.2 cm³/mol. The molecular weight excluding hydrogens is 315 g/mol. The maximum atomic E-state index is 9.10. The molecule has 136 valence electrons. The third kappa shape index (κ3) is 17.8. The number of hydrogen-bond acceptors (Lipinski definition) is 6. The van der Waals surface area contributed by atoms with E-state index in [1.54, 1.807) is 32.6 Å². The molecule has 0 saturated heterocycles. The van der Waals surface area contributed by atoms with Crippen molar-refractivity contribution >= 4 is 18.7 Å². The van der Waals surface area contributed by atoms with Crippen LogP contribution in [-0.4, -0.2) is 43.8 Å². The highest BCUT2D eigenvalue weighted by Gasteiger charge is 2.31. The average molecular weight is 348 g/mol. The van der Waals surface area contributed by atoms with Crippen molar-refractivity contribution in [3.05, 3.63) is 22.4 Å². The molecule has 0 aliphatic rings. The summed E-state index contributed by atoms with van der Waals surface area (Å²) < 4.78 is 0. The van der Waals surface area contributed by atoms with E-state index in [4.69, 9.17) is 25.3 Å². The van der Waals surface area contributed by atoms with Gasteiger partial charge in [0.1, 0.15) is 0 Å². The van der Waals surface area contributed by atoms with Crippen molar-refractivity contribution in [1.29, 1.82) is 0 Å². The lowest BCUT2D eigenvalue weighted by Gasteiger charge is -2.31. The van der Waals surface area contributed by atoms with E-state index in [-0.39, 0.29) is 0 Å². The van der Waals surface area contributed by atoms with Crippen LogP contribution in [-0.2, 0) is 6.42 Å². The molecule has 0 atom stereocenters. The van der Waals surface area contributed by atoms with Crippen LogP contribution in [0.3, 0.4) is 0 Å². The van der Waals surface area contributed by atoms with Crippen LogP contribution >= 0.6 is 11.3 Å². The predicted octanol–water partition coefficient (Wildman–Crippen LogP) is 2.35. The van der Waals surface area contributed by atoms with Crippen molar-refractivity contribution in [2.45, 2.75) is 77.9 Å². The molecule has 0 fully saturated rings. The van der Waals surface area contributed by atoms with Gasteiger partial charge in [0.05, 0.1) is 11.2 Å². The molecule has 1 rings (SSSR count). The smallest absolute Gasteiger partial charge is 0.402 e. The maximum Gasteiger partial charge on any atom is 0.631 e. The first-order chi connectivity index (χ1) is 10.4. The van der Waals surface area contributed by atoms with Gasteiger partial charge in [-0.2, -0.15) is 0 Å². The molecule has 0 spiro atoms. The molecule has 1 aromatic rings. The van der Waals surface area contributed by atoms with Crippen LogP contribution in [0.4, 0.5) is 0 Å². The summed E-state index contributed by atoms with van der Waals surface area (Å²) in [7, 11) is -2.17. The molecule has 23 heavy (non-hydrogen) atoms.